The van der Waals surface area contributed by atoms with Gasteiger partial charge in [0.1, 0.15) is 5.75 Å². The van der Waals surface area contributed by atoms with Gasteiger partial charge in [-0.3, -0.25) is 4.79 Å². The molecule has 0 atom stereocenters. The van der Waals surface area contributed by atoms with Gasteiger partial charge in [-0.1, -0.05) is 24.3 Å². The summed E-state index contributed by atoms with van der Waals surface area (Å²) in [7, 11) is -2.54. The fourth-order valence-electron chi connectivity index (χ4n) is 2.80. The molecule has 1 aliphatic carbocycles. The van der Waals surface area contributed by atoms with E-state index in [0.717, 1.165) is 0 Å². The van der Waals surface area contributed by atoms with E-state index in [-0.39, 0.29) is 10.5 Å². The lowest BCUT2D eigenvalue weighted by molar-refractivity contribution is -0.121. The number of carbonyl (C=O) groups is 1. The molecule has 1 N–H and O–H groups in total. The summed E-state index contributed by atoms with van der Waals surface area (Å²) in [5, 5.41) is 8.91. The van der Waals surface area contributed by atoms with Crippen molar-refractivity contribution in [1.82, 2.24) is 4.72 Å². The zero-order chi connectivity index (χ0) is 18.1. The second-order valence-electron chi connectivity index (χ2n) is 5.86. The summed E-state index contributed by atoms with van der Waals surface area (Å²) < 4.78 is 32.4. The van der Waals surface area contributed by atoms with E-state index in [1.807, 2.05) is 6.07 Å². The summed E-state index contributed by atoms with van der Waals surface area (Å²) in [6, 6.07) is 14.5. The number of hydrogen-bond donors (Lipinski definition) is 1. The number of nitriles is 1. The van der Waals surface area contributed by atoms with Gasteiger partial charge in [-0.05, 0) is 37.1 Å². The lowest BCUT2D eigenvalue weighted by Gasteiger charge is -2.18. The van der Waals surface area contributed by atoms with Crippen molar-refractivity contribution in [2.45, 2.75) is 23.2 Å². The molecule has 128 valence electrons. The van der Waals surface area contributed by atoms with E-state index < -0.39 is 21.3 Å². The predicted molar refractivity (Wildman–Crippen MR) is 90.4 cm³/mol. The lowest BCUT2D eigenvalue weighted by atomic mass is 9.94. The maximum absolute atomic E-state index is 12.7. The third kappa shape index (κ3) is 3.08. The third-order valence-corrected chi connectivity index (χ3v) is 5.64. The molecule has 1 fully saturated rings. The maximum Gasteiger partial charge on any atom is 0.264 e. The Hall–Kier alpha value is -2.85. The molecule has 6 nitrogen and oxygen atoms in total. The molecule has 1 aliphatic rings. The zero-order valence-corrected chi connectivity index (χ0v) is 14.3. The molecule has 2 aromatic rings. The van der Waals surface area contributed by atoms with Gasteiger partial charge in [-0.25, -0.2) is 13.1 Å². The summed E-state index contributed by atoms with van der Waals surface area (Å²) >= 11 is 0. The molecule has 0 aliphatic heterocycles. The number of ether oxygens (including phenoxy) is 1. The number of methoxy groups -OCH3 is 1. The van der Waals surface area contributed by atoms with E-state index in [2.05, 4.69) is 4.72 Å². The van der Waals surface area contributed by atoms with E-state index in [1.54, 1.807) is 24.3 Å². The fraction of sp³-hybridized carbons (Fsp3) is 0.222. The van der Waals surface area contributed by atoms with Crippen LogP contribution < -0.4 is 9.46 Å². The van der Waals surface area contributed by atoms with Gasteiger partial charge < -0.3 is 4.74 Å². The molecule has 0 spiro atoms. The molecule has 0 bridgehead atoms. The Balaban J connectivity index is 1.90. The van der Waals surface area contributed by atoms with Gasteiger partial charge in [0.2, 0.25) is 5.91 Å². The summed E-state index contributed by atoms with van der Waals surface area (Å²) in [6.45, 7) is 0. The normalized spacial score (nSPS) is 15.0. The Morgan fingerprint density at radius 3 is 2.56 bits per heavy atom. The van der Waals surface area contributed by atoms with Gasteiger partial charge in [-0.15, -0.1) is 0 Å². The number of amides is 1. The zero-order valence-electron chi connectivity index (χ0n) is 13.5. The van der Waals surface area contributed by atoms with Crippen molar-refractivity contribution in [3.05, 3.63) is 59.7 Å². The van der Waals surface area contributed by atoms with E-state index in [1.165, 1.54) is 31.4 Å². The van der Waals surface area contributed by atoms with Crippen molar-refractivity contribution in [3.8, 4) is 11.8 Å². The van der Waals surface area contributed by atoms with Crippen molar-refractivity contribution in [3.63, 3.8) is 0 Å². The van der Waals surface area contributed by atoms with Crippen LogP contribution in [0.5, 0.6) is 5.75 Å². The summed E-state index contributed by atoms with van der Waals surface area (Å²) in [4.78, 5) is 12.6. The molecular weight excluding hydrogens is 340 g/mol. The standard InChI is InChI=1S/C18H16N2O4S/c1-24-16-8-3-2-7-15(16)18(9-10-18)17(21)20-25(22,23)14-6-4-5-13(11-14)12-19/h2-8,11H,9-10H2,1H3,(H,20,21). The average Bonchev–Trinajstić information content (AvgIpc) is 3.43. The van der Waals surface area contributed by atoms with Gasteiger partial charge >= 0.3 is 0 Å². The highest BCUT2D eigenvalue weighted by Gasteiger charge is 2.53. The Bertz CT molecular complexity index is 973. The highest BCUT2D eigenvalue weighted by Crippen LogP contribution is 2.51. The van der Waals surface area contributed by atoms with Crippen LogP contribution in [0.3, 0.4) is 0 Å². The molecule has 1 amide bonds. The van der Waals surface area contributed by atoms with E-state index in [9.17, 15) is 13.2 Å². The van der Waals surface area contributed by atoms with Gasteiger partial charge in [0.05, 0.1) is 29.1 Å². The van der Waals surface area contributed by atoms with Gasteiger partial charge in [0.15, 0.2) is 0 Å². The van der Waals surface area contributed by atoms with Crippen molar-refractivity contribution in [2.24, 2.45) is 0 Å². The Labute approximate surface area is 146 Å². The topological polar surface area (TPSA) is 96.3 Å². The van der Waals surface area contributed by atoms with Gasteiger partial charge in [0, 0.05) is 5.56 Å². The summed E-state index contributed by atoms with van der Waals surface area (Å²) in [5.41, 5.74) is -0.0101. The second-order valence-corrected chi connectivity index (χ2v) is 7.54. The van der Waals surface area contributed by atoms with Crippen LogP contribution in [-0.2, 0) is 20.2 Å². The van der Waals surface area contributed by atoms with E-state index in [0.29, 0.717) is 24.2 Å². The third-order valence-electron chi connectivity index (χ3n) is 4.31. The van der Waals surface area contributed by atoms with Crippen LogP contribution in [-0.4, -0.2) is 21.4 Å². The van der Waals surface area contributed by atoms with Gasteiger partial charge in [0.25, 0.3) is 10.0 Å². The predicted octanol–water partition coefficient (Wildman–Crippen LogP) is 2.10. The number of carbonyl (C=O) groups excluding carboxylic acids is 1. The van der Waals surface area contributed by atoms with Crippen LogP contribution in [0.25, 0.3) is 0 Å². The number of benzene rings is 2. The SMILES string of the molecule is COc1ccccc1C1(C(=O)NS(=O)(=O)c2cccc(C#N)c2)CC1. The largest absolute Gasteiger partial charge is 0.496 e. The number of para-hydroxylation sites is 1. The number of nitrogens with zero attached hydrogens (tertiary/aromatic N) is 1. The quantitative estimate of drug-likeness (QED) is 0.885. The molecule has 0 aromatic heterocycles. The van der Waals surface area contributed by atoms with Crippen LogP contribution in [0.1, 0.15) is 24.0 Å². The monoisotopic (exact) mass is 356 g/mol. The van der Waals surface area contributed by atoms with Crippen LogP contribution in [0.4, 0.5) is 0 Å². The summed E-state index contributed by atoms with van der Waals surface area (Å²) in [6.07, 6.45) is 1.10. The van der Waals surface area contributed by atoms with E-state index in [4.69, 9.17) is 10.00 Å². The summed E-state index contributed by atoms with van der Waals surface area (Å²) in [5.74, 6) is -0.0293. The van der Waals surface area contributed by atoms with Crippen molar-refractivity contribution < 1.29 is 17.9 Å². The molecule has 0 radical (unpaired) electrons. The Kier molecular flexibility index (Phi) is 4.23. The molecule has 0 saturated heterocycles. The highest BCUT2D eigenvalue weighted by atomic mass is 32.2. The van der Waals surface area contributed by atoms with Crippen molar-refractivity contribution in [1.29, 1.82) is 5.26 Å². The average molecular weight is 356 g/mol. The molecular formula is C18H16N2O4S. The molecule has 2 aromatic carbocycles. The number of hydrogen-bond acceptors (Lipinski definition) is 5. The lowest BCUT2D eigenvalue weighted by Crippen LogP contribution is -2.39. The maximum atomic E-state index is 12.7. The number of rotatable bonds is 5. The fourth-order valence-corrected chi connectivity index (χ4v) is 3.89. The van der Waals surface area contributed by atoms with Crippen LogP contribution >= 0.6 is 0 Å². The smallest absolute Gasteiger partial charge is 0.264 e. The van der Waals surface area contributed by atoms with E-state index >= 15 is 0 Å². The Morgan fingerprint density at radius 2 is 1.92 bits per heavy atom. The minimum Gasteiger partial charge on any atom is -0.496 e. The van der Waals surface area contributed by atoms with Crippen molar-refractivity contribution in [2.75, 3.05) is 7.11 Å². The molecule has 0 heterocycles. The first-order valence-corrected chi connectivity index (χ1v) is 9.12. The van der Waals surface area contributed by atoms with Crippen LogP contribution in [0, 0.1) is 11.3 Å². The minimum absolute atomic E-state index is 0.115. The second kappa shape index (κ2) is 6.22. The first-order valence-electron chi connectivity index (χ1n) is 7.64. The first kappa shape index (κ1) is 17.0. The molecule has 7 heteroatoms. The first-order chi connectivity index (χ1) is 11.9. The number of nitrogens with one attached hydrogen (secondary N) is 1. The molecule has 1 saturated carbocycles. The molecule has 25 heavy (non-hydrogen) atoms. The Morgan fingerprint density at radius 1 is 1.20 bits per heavy atom. The molecule has 0 unspecified atom stereocenters. The molecule has 3 rings (SSSR count). The highest BCUT2D eigenvalue weighted by molar-refractivity contribution is 7.90. The minimum atomic E-state index is -4.05. The number of sulfonamides is 1. The van der Waals surface area contributed by atoms with Crippen molar-refractivity contribution >= 4 is 15.9 Å². The van der Waals surface area contributed by atoms with Crippen LogP contribution in [0.2, 0.25) is 0 Å². The van der Waals surface area contributed by atoms with Crippen LogP contribution in [0.15, 0.2) is 53.4 Å². The van der Waals surface area contributed by atoms with Gasteiger partial charge in [-0.2, -0.15) is 5.26 Å².